The van der Waals surface area contributed by atoms with Crippen molar-refractivity contribution >= 4 is 28.6 Å². The summed E-state index contributed by atoms with van der Waals surface area (Å²) in [5.41, 5.74) is 1.46. The summed E-state index contributed by atoms with van der Waals surface area (Å²) in [6, 6.07) is 6.86. The summed E-state index contributed by atoms with van der Waals surface area (Å²) in [5, 5.41) is 3.02. The lowest BCUT2D eigenvalue weighted by atomic mass is 10.3. The standard InChI is InChI=1S/C19H17F2N9O/c20-15(21)16-25-13-3-1-2-4-14(13)30(16)19-27-17(24-12-9-22-11-23-10-12)26-18(28-19)29-5-7-31-8-6-29/h1-4,9-11,15H,5-8H2,(H,24,26,27,28). The van der Waals surface area contributed by atoms with Gasteiger partial charge in [-0.1, -0.05) is 12.1 Å². The third-order valence-electron chi connectivity index (χ3n) is 4.70. The highest BCUT2D eigenvalue weighted by Gasteiger charge is 2.24. The van der Waals surface area contributed by atoms with Crippen LogP contribution >= 0.6 is 0 Å². The maximum atomic E-state index is 13.8. The average Bonchev–Trinajstić information content (AvgIpc) is 3.20. The molecule has 0 atom stereocenters. The Morgan fingerprint density at radius 2 is 1.68 bits per heavy atom. The molecule has 0 bridgehead atoms. The fourth-order valence-corrected chi connectivity index (χ4v) is 3.31. The van der Waals surface area contributed by atoms with Crippen LogP contribution in [0.2, 0.25) is 0 Å². The SMILES string of the molecule is FC(F)c1nc2ccccc2n1-c1nc(Nc2cncnc2)nc(N2CCOCC2)n1. The number of hydrogen-bond donors (Lipinski definition) is 1. The quantitative estimate of drug-likeness (QED) is 0.516. The number of halogens is 2. The Hall–Kier alpha value is -3.80. The first-order chi connectivity index (χ1) is 15.2. The van der Waals surface area contributed by atoms with Gasteiger partial charge in [-0.3, -0.25) is 4.57 Å². The number of rotatable bonds is 5. The van der Waals surface area contributed by atoms with Gasteiger partial charge in [-0.15, -0.1) is 0 Å². The Bertz CT molecular complexity index is 1200. The van der Waals surface area contributed by atoms with Gasteiger partial charge in [-0.25, -0.2) is 23.7 Å². The highest BCUT2D eigenvalue weighted by molar-refractivity contribution is 5.77. The number of para-hydroxylation sites is 2. The summed E-state index contributed by atoms with van der Waals surface area (Å²) in [7, 11) is 0. The predicted molar refractivity (Wildman–Crippen MR) is 108 cm³/mol. The number of nitrogens with zero attached hydrogens (tertiary/aromatic N) is 8. The highest BCUT2D eigenvalue weighted by atomic mass is 19.3. The Labute approximate surface area is 175 Å². The van der Waals surface area contributed by atoms with Crippen LogP contribution in [-0.4, -0.2) is 60.8 Å². The molecule has 0 unspecified atom stereocenters. The normalized spacial score (nSPS) is 14.4. The molecule has 1 saturated heterocycles. The lowest BCUT2D eigenvalue weighted by Crippen LogP contribution is -2.37. The van der Waals surface area contributed by atoms with E-state index in [4.69, 9.17) is 4.74 Å². The molecule has 158 valence electrons. The lowest BCUT2D eigenvalue weighted by Gasteiger charge is -2.27. The number of fused-ring (bicyclic) bond motifs is 1. The Balaban J connectivity index is 1.66. The van der Waals surface area contributed by atoms with Crippen LogP contribution in [0.15, 0.2) is 43.0 Å². The van der Waals surface area contributed by atoms with Crippen LogP contribution in [0.3, 0.4) is 0 Å². The van der Waals surface area contributed by atoms with Gasteiger partial charge in [0.25, 0.3) is 6.43 Å². The molecule has 1 aromatic carbocycles. The molecule has 0 aliphatic carbocycles. The number of anilines is 3. The third kappa shape index (κ3) is 3.84. The number of nitrogens with one attached hydrogen (secondary N) is 1. The van der Waals surface area contributed by atoms with Crippen LogP contribution in [0.25, 0.3) is 17.0 Å². The van der Waals surface area contributed by atoms with Crippen molar-refractivity contribution in [2.75, 3.05) is 36.5 Å². The van der Waals surface area contributed by atoms with Gasteiger partial charge in [0.05, 0.1) is 42.3 Å². The van der Waals surface area contributed by atoms with Crippen LogP contribution in [0.4, 0.5) is 26.4 Å². The Kier molecular flexibility index (Phi) is 5.04. The van der Waals surface area contributed by atoms with Gasteiger partial charge >= 0.3 is 0 Å². The van der Waals surface area contributed by atoms with Crippen LogP contribution in [0, 0.1) is 0 Å². The van der Waals surface area contributed by atoms with Gasteiger partial charge in [0.1, 0.15) is 6.33 Å². The maximum absolute atomic E-state index is 13.8. The van der Waals surface area contributed by atoms with E-state index in [2.05, 4.69) is 35.2 Å². The molecule has 10 nitrogen and oxygen atoms in total. The van der Waals surface area contributed by atoms with Crippen LogP contribution in [0.5, 0.6) is 0 Å². The van der Waals surface area contributed by atoms with Crippen LogP contribution in [0.1, 0.15) is 12.2 Å². The molecule has 12 heteroatoms. The van der Waals surface area contributed by atoms with E-state index < -0.39 is 12.2 Å². The molecule has 1 fully saturated rings. The first-order valence-electron chi connectivity index (χ1n) is 9.56. The number of alkyl halides is 2. The van der Waals surface area contributed by atoms with Gasteiger partial charge in [0.2, 0.25) is 17.8 Å². The molecule has 0 amide bonds. The minimum atomic E-state index is -2.81. The van der Waals surface area contributed by atoms with Crippen molar-refractivity contribution in [3.63, 3.8) is 0 Å². The predicted octanol–water partition coefficient (Wildman–Crippen LogP) is 2.52. The monoisotopic (exact) mass is 425 g/mol. The molecule has 4 heterocycles. The first kappa shape index (κ1) is 19.2. The minimum Gasteiger partial charge on any atom is -0.378 e. The van der Waals surface area contributed by atoms with E-state index in [1.165, 1.54) is 10.9 Å². The van der Waals surface area contributed by atoms with Crippen molar-refractivity contribution in [2.45, 2.75) is 6.43 Å². The average molecular weight is 425 g/mol. The zero-order chi connectivity index (χ0) is 21.2. The van der Waals surface area contributed by atoms with E-state index in [-0.39, 0.29) is 11.9 Å². The highest BCUT2D eigenvalue weighted by Crippen LogP contribution is 2.28. The number of benzene rings is 1. The second-order valence-electron chi connectivity index (χ2n) is 6.71. The van der Waals surface area contributed by atoms with E-state index in [1.807, 2.05) is 4.90 Å². The number of morpholine rings is 1. The van der Waals surface area contributed by atoms with Crippen molar-refractivity contribution in [1.82, 2.24) is 34.5 Å². The minimum absolute atomic E-state index is 0.0415. The second-order valence-corrected chi connectivity index (χ2v) is 6.71. The molecule has 31 heavy (non-hydrogen) atoms. The molecule has 0 saturated carbocycles. The number of imidazole rings is 1. The summed E-state index contributed by atoms with van der Waals surface area (Å²) in [6.07, 6.45) is 1.70. The summed E-state index contributed by atoms with van der Waals surface area (Å²) < 4.78 is 34.3. The van der Waals surface area contributed by atoms with E-state index in [1.54, 1.807) is 36.7 Å². The van der Waals surface area contributed by atoms with Crippen molar-refractivity contribution in [3.8, 4) is 5.95 Å². The second kappa shape index (κ2) is 8.14. The smallest absolute Gasteiger partial charge is 0.296 e. The summed E-state index contributed by atoms with van der Waals surface area (Å²) >= 11 is 0. The molecular formula is C19H17F2N9O. The van der Waals surface area contributed by atoms with Gasteiger partial charge in [-0.05, 0) is 12.1 Å². The van der Waals surface area contributed by atoms with Crippen molar-refractivity contribution in [1.29, 1.82) is 0 Å². The molecule has 5 rings (SSSR count). The molecule has 4 aromatic rings. The molecule has 3 aromatic heterocycles. The summed E-state index contributed by atoms with van der Waals surface area (Å²) in [6.45, 7) is 2.19. The van der Waals surface area contributed by atoms with Gasteiger partial charge < -0.3 is 15.0 Å². The topological polar surface area (TPSA) is 107 Å². The zero-order valence-electron chi connectivity index (χ0n) is 16.2. The lowest BCUT2D eigenvalue weighted by molar-refractivity contribution is 0.122. The van der Waals surface area contributed by atoms with Crippen LogP contribution in [-0.2, 0) is 4.74 Å². The van der Waals surface area contributed by atoms with Crippen molar-refractivity contribution in [3.05, 3.63) is 48.8 Å². The Morgan fingerprint density at radius 1 is 0.935 bits per heavy atom. The van der Waals surface area contributed by atoms with E-state index in [9.17, 15) is 8.78 Å². The van der Waals surface area contributed by atoms with E-state index >= 15 is 0 Å². The third-order valence-corrected chi connectivity index (χ3v) is 4.70. The fourth-order valence-electron chi connectivity index (χ4n) is 3.31. The number of hydrogen-bond acceptors (Lipinski definition) is 9. The van der Waals surface area contributed by atoms with E-state index in [0.29, 0.717) is 49.0 Å². The summed E-state index contributed by atoms with van der Waals surface area (Å²) in [5.74, 6) is 0.138. The molecule has 1 aliphatic rings. The molecule has 1 aliphatic heterocycles. The fraction of sp³-hybridized carbons (Fsp3) is 0.263. The van der Waals surface area contributed by atoms with Gasteiger partial charge in [0.15, 0.2) is 5.82 Å². The van der Waals surface area contributed by atoms with E-state index in [0.717, 1.165) is 0 Å². The number of ether oxygens (including phenoxy) is 1. The molecule has 0 spiro atoms. The zero-order valence-corrected chi connectivity index (χ0v) is 16.2. The molecule has 0 radical (unpaired) electrons. The summed E-state index contributed by atoms with van der Waals surface area (Å²) in [4.78, 5) is 27.3. The number of aromatic nitrogens is 7. The van der Waals surface area contributed by atoms with Crippen LogP contribution < -0.4 is 10.2 Å². The van der Waals surface area contributed by atoms with Gasteiger partial charge in [-0.2, -0.15) is 15.0 Å². The molecular weight excluding hydrogens is 408 g/mol. The van der Waals surface area contributed by atoms with Gasteiger partial charge in [0, 0.05) is 13.1 Å². The molecule has 1 N–H and O–H groups in total. The van der Waals surface area contributed by atoms with Crippen molar-refractivity contribution < 1.29 is 13.5 Å². The Morgan fingerprint density at radius 3 is 2.45 bits per heavy atom. The van der Waals surface area contributed by atoms with Crippen molar-refractivity contribution in [2.24, 2.45) is 0 Å². The first-order valence-corrected chi connectivity index (χ1v) is 9.56. The maximum Gasteiger partial charge on any atom is 0.296 e. The largest absolute Gasteiger partial charge is 0.378 e.